The van der Waals surface area contributed by atoms with Crippen molar-refractivity contribution < 1.29 is 4.52 Å². The molecule has 2 aromatic heterocycles. The number of aromatic nitrogens is 3. The van der Waals surface area contributed by atoms with Gasteiger partial charge in [-0.3, -0.25) is 0 Å². The fraction of sp³-hybridized carbons (Fsp3) is 0.545. The lowest BCUT2D eigenvalue weighted by Crippen LogP contribution is -2.17. The molecule has 0 amide bonds. The molecule has 90 valence electrons. The van der Waals surface area contributed by atoms with Crippen molar-refractivity contribution >= 4 is 16.9 Å². The van der Waals surface area contributed by atoms with Crippen molar-refractivity contribution in [3.05, 3.63) is 12.0 Å². The van der Waals surface area contributed by atoms with Gasteiger partial charge in [0, 0.05) is 6.54 Å². The quantitative estimate of drug-likeness (QED) is 0.822. The van der Waals surface area contributed by atoms with E-state index in [9.17, 15) is 0 Å². The van der Waals surface area contributed by atoms with E-state index >= 15 is 0 Å². The van der Waals surface area contributed by atoms with Gasteiger partial charge in [0.2, 0.25) is 0 Å². The first-order chi connectivity index (χ1) is 8.34. The maximum Gasteiger partial charge on any atom is 0.263 e. The van der Waals surface area contributed by atoms with Gasteiger partial charge >= 0.3 is 0 Å². The van der Waals surface area contributed by atoms with Crippen molar-refractivity contribution in [2.75, 3.05) is 25.0 Å². The van der Waals surface area contributed by atoms with Crippen LogP contribution in [0, 0.1) is 12.8 Å². The fourth-order valence-electron chi connectivity index (χ4n) is 2.19. The molecule has 1 fully saturated rings. The van der Waals surface area contributed by atoms with Gasteiger partial charge in [-0.05, 0) is 32.4 Å². The van der Waals surface area contributed by atoms with E-state index in [0.29, 0.717) is 11.6 Å². The Morgan fingerprint density at radius 2 is 2.47 bits per heavy atom. The van der Waals surface area contributed by atoms with Crippen molar-refractivity contribution in [2.45, 2.75) is 13.3 Å². The molecule has 6 nitrogen and oxygen atoms in total. The van der Waals surface area contributed by atoms with Crippen LogP contribution in [0.2, 0.25) is 0 Å². The lowest BCUT2D eigenvalue weighted by molar-refractivity contribution is 0.442. The van der Waals surface area contributed by atoms with Crippen LogP contribution in [0.15, 0.2) is 10.9 Å². The lowest BCUT2D eigenvalue weighted by Gasteiger charge is -2.10. The Morgan fingerprint density at radius 3 is 3.29 bits per heavy atom. The summed E-state index contributed by atoms with van der Waals surface area (Å²) < 4.78 is 5.11. The highest BCUT2D eigenvalue weighted by Gasteiger charge is 2.16. The van der Waals surface area contributed by atoms with Gasteiger partial charge in [-0.1, -0.05) is 5.16 Å². The van der Waals surface area contributed by atoms with Gasteiger partial charge in [0.05, 0.1) is 5.69 Å². The van der Waals surface area contributed by atoms with Crippen molar-refractivity contribution in [3.8, 4) is 0 Å². The van der Waals surface area contributed by atoms with Crippen molar-refractivity contribution in [2.24, 2.45) is 5.92 Å². The molecule has 6 heteroatoms. The zero-order valence-corrected chi connectivity index (χ0v) is 9.73. The van der Waals surface area contributed by atoms with E-state index in [4.69, 9.17) is 4.52 Å². The van der Waals surface area contributed by atoms with Crippen molar-refractivity contribution in [1.29, 1.82) is 0 Å². The molecule has 3 rings (SSSR count). The molecule has 0 aliphatic carbocycles. The molecule has 1 saturated heterocycles. The van der Waals surface area contributed by atoms with Crippen LogP contribution in [-0.4, -0.2) is 34.8 Å². The normalized spacial score (nSPS) is 19.9. The van der Waals surface area contributed by atoms with E-state index in [1.807, 2.05) is 6.92 Å². The first-order valence-corrected chi connectivity index (χ1v) is 5.86. The highest BCUT2D eigenvalue weighted by atomic mass is 16.5. The van der Waals surface area contributed by atoms with Crippen LogP contribution < -0.4 is 10.6 Å². The van der Waals surface area contributed by atoms with Crippen LogP contribution in [0.5, 0.6) is 0 Å². The summed E-state index contributed by atoms with van der Waals surface area (Å²) in [6.07, 6.45) is 2.71. The van der Waals surface area contributed by atoms with Crippen LogP contribution in [-0.2, 0) is 0 Å². The molecule has 0 aromatic carbocycles. The van der Waals surface area contributed by atoms with Gasteiger partial charge in [-0.25, -0.2) is 4.98 Å². The van der Waals surface area contributed by atoms with Gasteiger partial charge in [0.15, 0.2) is 0 Å². The first-order valence-electron chi connectivity index (χ1n) is 5.86. The van der Waals surface area contributed by atoms with Crippen LogP contribution in [0.4, 0.5) is 5.82 Å². The van der Waals surface area contributed by atoms with E-state index in [-0.39, 0.29) is 0 Å². The van der Waals surface area contributed by atoms with E-state index in [0.717, 1.165) is 36.5 Å². The van der Waals surface area contributed by atoms with Crippen LogP contribution in [0.1, 0.15) is 12.1 Å². The number of rotatable bonds is 3. The minimum atomic E-state index is 0.546. The molecule has 0 saturated carbocycles. The summed E-state index contributed by atoms with van der Waals surface area (Å²) in [5, 5.41) is 11.5. The highest BCUT2D eigenvalue weighted by molar-refractivity contribution is 5.87. The van der Waals surface area contributed by atoms with Gasteiger partial charge in [0.1, 0.15) is 17.5 Å². The molecule has 1 aliphatic heterocycles. The Morgan fingerprint density at radius 1 is 1.53 bits per heavy atom. The van der Waals surface area contributed by atoms with Crippen LogP contribution >= 0.6 is 0 Å². The molecule has 0 spiro atoms. The molecule has 1 aliphatic rings. The standard InChI is InChI=1S/C11H15N5O/c1-7-9-10(13-5-8-2-3-12-4-8)14-6-15-11(9)17-16-7/h6,8,12H,2-5H2,1H3,(H,13,14,15). The number of fused-ring (bicyclic) bond motifs is 1. The summed E-state index contributed by atoms with van der Waals surface area (Å²) >= 11 is 0. The van der Waals surface area contributed by atoms with Crippen LogP contribution in [0.25, 0.3) is 11.1 Å². The second-order valence-electron chi connectivity index (χ2n) is 4.41. The van der Waals surface area contributed by atoms with E-state index in [1.54, 1.807) is 0 Å². The maximum atomic E-state index is 5.11. The summed E-state index contributed by atoms with van der Waals surface area (Å²) in [6.45, 7) is 5.00. The molecule has 17 heavy (non-hydrogen) atoms. The summed E-state index contributed by atoms with van der Waals surface area (Å²) in [5.74, 6) is 1.49. The Labute approximate surface area is 98.8 Å². The third kappa shape index (κ3) is 1.95. The molecule has 1 unspecified atom stereocenters. The Balaban J connectivity index is 1.81. The molecule has 2 aromatic rings. The number of nitrogens with one attached hydrogen (secondary N) is 2. The Kier molecular flexibility index (Phi) is 2.64. The minimum Gasteiger partial charge on any atom is -0.369 e. The molecule has 3 heterocycles. The molecular weight excluding hydrogens is 218 g/mol. The zero-order chi connectivity index (χ0) is 11.7. The monoisotopic (exact) mass is 233 g/mol. The predicted molar refractivity (Wildman–Crippen MR) is 63.8 cm³/mol. The predicted octanol–water partition coefficient (Wildman–Crippen LogP) is 0.948. The number of hydrogen-bond donors (Lipinski definition) is 2. The Bertz CT molecular complexity index is 518. The fourth-order valence-corrected chi connectivity index (χ4v) is 2.19. The highest BCUT2D eigenvalue weighted by Crippen LogP contribution is 2.22. The van der Waals surface area contributed by atoms with Crippen molar-refractivity contribution in [1.82, 2.24) is 20.4 Å². The third-order valence-electron chi connectivity index (χ3n) is 3.16. The summed E-state index contributed by atoms with van der Waals surface area (Å²) in [4.78, 5) is 8.31. The largest absolute Gasteiger partial charge is 0.369 e. The smallest absolute Gasteiger partial charge is 0.263 e. The number of anilines is 1. The topological polar surface area (TPSA) is 75.9 Å². The molecule has 2 N–H and O–H groups in total. The SMILES string of the molecule is Cc1noc2ncnc(NCC3CCNC3)c12. The Hall–Kier alpha value is -1.69. The first kappa shape index (κ1) is 10.5. The molecular formula is C11H15N5O. The zero-order valence-electron chi connectivity index (χ0n) is 9.73. The summed E-state index contributed by atoms with van der Waals surface area (Å²) in [6, 6.07) is 0. The maximum absolute atomic E-state index is 5.11. The van der Waals surface area contributed by atoms with E-state index in [2.05, 4.69) is 25.8 Å². The molecule has 0 radical (unpaired) electrons. The van der Waals surface area contributed by atoms with E-state index < -0.39 is 0 Å². The van der Waals surface area contributed by atoms with Gasteiger partial charge in [0.25, 0.3) is 5.71 Å². The average molecular weight is 233 g/mol. The minimum absolute atomic E-state index is 0.546. The molecule has 1 atom stereocenters. The summed E-state index contributed by atoms with van der Waals surface area (Å²) in [7, 11) is 0. The second-order valence-corrected chi connectivity index (χ2v) is 4.41. The molecule has 0 bridgehead atoms. The summed E-state index contributed by atoms with van der Waals surface area (Å²) in [5.41, 5.74) is 1.37. The second kappa shape index (κ2) is 4.29. The van der Waals surface area contributed by atoms with Crippen LogP contribution in [0.3, 0.4) is 0 Å². The van der Waals surface area contributed by atoms with E-state index in [1.165, 1.54) is 12.7 Å². The van der Waals surface area contributed by atoms with Crippen molar-refractivity contribution in [3.63, 3.8) is 0 Å². The van der Waals surface area contributed by atoms with Gasteiger partial charge in [-0.15, -0.1) is 0 Å². The lowest BCUT2D eigenvalue weighted by atomic mass is 10.1. The number of aryl methyl sites for hydroxylation is 1. The number of hydrogen-bond acceptors (Lipinski definition) is 6. The third-order valence-corrected chi connectivity index (χ3v) is 3.16. The van der Waals surface area contributed by atoms with Gasteiger partial charge < -0.3 is 15.2 Å². The average Bonchev–Trinajstić information content (AvgIpc) is 2.97. The number of nitrogens with zero attached hydrogens (tertiary/aromatic N) is 3. The van der Waals surface area contributed by atoms with Gasteiger partial charge in [-0.2, -0.15) is 4.98 Å².